The van der Waals surface area contributed by atoms with Gasteiger partial charge in [0.1, 0.15) is 6.61 Å². The van der Waals surface area contributed by atoms with E-state index < -0.39 is 0 Å². The molecule has 2 aliphatic rings. The Balaban J connectivity index is 1.30. The van der Waals surface area contributed by atoms with E-state index in [0.29, 0.717) is 18.7 Å². The molecular weight excluding hydrogens is 288 g/mol. The average Bonchev–Trinajstić information content (AvgIpc) is 2.52. The molecule has 0 aromatic heterocycles. The lowest BCUT2D eigenvalue weighted by molar-refractivity contribution is 0.122. The number of amides is 1. The lowest BCUT2D eigenvalue weighted by Crippen LogP contribution is -2.55. The van der Waals surface area contributed by atoms with Crippen LogP contribution in [0.2, 0.25) is 0 Å². The molecule has 2 atom stereocenters. The molecule has 23 heavy (non-hydrogen) atoms. The normalized spacial score (nSPS) is 30.3. The Hall–Kier alpha value is -1.55. The zero-order valence-corrected chi connectivity index (χ0v) is 14.0. The smallest absolute Gasteiger partial charge is 0.407 e. The predicted molar refractivity (Wildman–Crippen MR) is 91.1 cm³/mol. The fourth-order valence-corrected chi connectivity index (χ4v) is 3.72. The number of hydrogen-bond acceptors (Lipinski definition) is 3. The number of carbonyl (C=O) groups is 1. The van der Waals surface area contributed by atoms with Crippen LogP contribution in [0.4, 0.5) is 4.79 Å². The van der Waals surface area contributed by atoms with Crippen molar-refractivity contribution in [3.05, 3.63) is 35.9 Å². The Kier molecular flexibility index (Phi) is 5.55. The quantitative estimate of drug-likeness (QED) is 0.872. The van der Waals surface area contributed by atoms with Gasteiger partial charge in [-0.2, -0.15) is 0 Å². The first-order valence-corrected chi connectivity index (χ1v) is 8.92. The monoisotopic (exact) mass is 316 g/mol. The molecule has 0 aliphatic heterocycles. The van der Waals surface area contributed by atoms with Gasteiger partial charge >= 0.3 is 6.09 Å². The maximum absolute atomic E-state index is 11.8. The van der Waals surface area contributed by atoms with Crippen LogP contribution in [0.15, 0.2) is 30.3 Å². The summed E-state index contributed by atoms with van der Waals surface area (Å²) in [6.45, 7) is 2.68. The fourth-order valence-electron chi connectivity index (χ4n) is 3.72. The molecule has 4 nitrogen and oxygen atoms in total. The minimum atomic E-state index is -0.302. The molecule has 126 valence electrons. The van der Waals surface area contributed by atoms with Crippen LogP contribution in [0.1, 0.15) is 51.0 Å². The Labute approximate surface area is 139 Å². The van der Waals surface area contributed by atoms with Gasteiger partial charge in [-0.15, -0.1) is 0 Å². The third-order valence-corrected chi connectivity index (χ3v) is 5.08. The van der Waals surface area contributed by atoms with Crippen molar-refractivity contribution in [1.82, 2.24) is 10.6 Å². The molecule has 0 heterocycles. The van der Waals surface area contributed by atoms with Gasteiger partial charge in [-0.3, -0.25) is 0 Å². The van der Waals surface area contributed by atoms with E-state index in [0.717, 1.165) is 24.3 Å². The van der Waals surface area contributed by atoms with E-state index in [1.165, 1.54) is 25.7 Å². The molecule has 1 aromatic rings. The van der Waals surface area contributed by atoms with E-state index in [1.54, 1.807) is 0 Å². The van der Waals surface area contributed by atoms with Crippen molar-refractivity contribution in [1.29, 1.82) is 0 Å². The zero-order valence-electron chi connectivity index (χ0n) is 14.0. The van der Waals surface area contributed by atoms with Gasteiger partial charge in [-0.05, 0) is 37.2 Å². The maximum atomic E-state index is 11.8. The third kappa shape index (κ3) is 4.96. The maximum Gasteiger partial charge on any atom is 0.407 e. The summed E-state index contributed by atoms with van der Waals surface area (Å²) in [7, 11) is 0. The third-order valence-electron chi connectivity index (χ3n) is 5.08. The Morgan fingerprint density at radius 2 is 1.87 bits per heavy atom. The van der Waals surface area contributed by atoms with Gasteiger partial charge in [0.2, 0.25) is 0 Å². The van der Waals surface area contributed by atoms with Crippen LogP contribution in [-0.2, 0) is 11.3 Å². The standard InChI is InChI=1S/C19H28N2O2/c1-14-6-5-9-16(10-14)20-17-11-18(12-17)21-19(22)23-13-15-7-3-2-4-8-15/h2-4,7-8,14,16-18,20H,5-6,9-13H2,1H3,(H,21,22). The second kappa shape index (κ2) is 7.82. The largest absolute Gasteiger partial charge is 0.445 e. The van der Waals surface area contributed by atoms with Crippen molar-refractivity contribution in [3.63, 3.8) is 0 Å². The van der Waals surface area contributed by atoms with Crippen LogP contribution in [0.25, 0.3) is 0 Å². The summed E-state index contributed by atoms with van der Waals surface area (Å²) in [6.07, 6.45) is 7.06. The summed E-state index contributed by atoms with van der Waals surface area (Å²) in [5.74, 6) is 0.850. The predicted octanol–water partition coefficient (Wildman–Crippen LogP) is 3.61. The molecule has 2 N–H and O–H groups in total. The van der Waals surface area contributed by atoms with Gasteiger partial charge < -0.3 is 15.4 Å². The van der Waals surface area contributed by atoms with Crippen molar-refractivity contribution < 1.29 is 9.53 Å². The van der Waals surface area contributed by atoms with E-state index in [9.17, 15) is 4.79 Å². The van der Waals surface area contributed by atoms with Crippen molar-refractivity contribution >= 4 is 6.09 Å². The number of ether oxygens (including phenoxy) is 1. The van der Waals surface area contributed by atoms with Gasteiger partial charge in [-0.1, -0.05) is 50.1 Å². The molecular formula is C19H28N2O2. The van der Waals surface area contributed by atoms with Crippen molar-refractivity contribution in [3.8, 4) is 0 Å². The minimum Gasteiger partial charge on any atom is -0.445 e. The number of alkyl carbamates (subject to hydrolysis) is 1. The molecule has 1 aromatic carbocycles. The van der Waals surface area contributed by atoms with E-state index in [2.05, 4.69) is 17.6 Å². The van der Waals surface area contributed by atoms with E-state index in [-0.39, 0.29) is 12.1 Å². The molecule has 2 unspecified atom stereocenters. The molecule has 2 saturated carbocycles. The van der Waals surface area contributed by atoms with Gasteiger partial charge in [0.05, 0.1) is 0 Å². The highest BCUT2D eigenvalue weighted by atomic mass is 16.5. The number of hydrogen-bond donors (Lipinski definition) is 2. The number of carbonyl (C=O) groups excluding carboxylic acids is 1. The SMILES string of the molecule is CC1CCCC(NC2CC(NC(=O)OCc3ccccc3)C2)C1. The lowest BCUT2D eigenvalue weighted by atomic mass is 9.82. The van der Waals surface area contributed by atoms with Crippen LogP contribution in [0.5, 0.6) is 0 Å². The minimum absolute atomic E-state index is 0.261. The van der Waals surface area contributed by atoms with Crippen LogP contribution < -0.4 is 10.6 Å². The van der Waals surface area contributed by atoms with E-state index >= 15 is 0 Å². The number of rotatable bonds is 5. The van der Waals surface area contributed by atoms with Crippen LogP contribution in [0, 0.1) is 5.92 Å². The lowest BCUT2D eigenvalue weighted by Gasteiger charge is -2.40. The molecule has 2 aliphatic carbocycles. The molecule has 0 bridgehead atoms. The second-order valence-corrected chi connectivity index (χ2v) is 7.21. The Bertz CT molecular complexity index is 499. The fraction of sp³-hybridized carbons (Fsp3) is 0.632. The molecule has 2 fully saturated rings. The molecule has 3 rings (SSSR count). The highest BCUT2D eigenvalue weighted by molar-refractivity contribution is 5.67. The molecule has 1 amide bonds. The van der Waals surface area contributed by atoms with E-state index in [4.69, 9.17) is 4.74 Å². The molecule has 0 saturated heterocycles. The number of benzene rings is 1. The Morgan fingerprint density at radius 1 is 1.09 bits per heavy atom. The van der Waals surface area contributed by atoms with Crippen LogP contribution in [-0.4, -0.2) is 24.2 Å². The van der Waals surface area contributed by atoms with Gasteiger partial charge in [-0.25, -0.2) is 4.79 Å². The summed E-state index contributed by atoms with van der Waals surface area (Å²) in [4.78, 5) is 11.8. The summed E-state index contributed by atoms with van der Waals surface area (Å²) in [6, 6.07) is 11.3. The second-order valence-electron chi connectivity index (χ2n) is 7.21. The van der Waals surface area contributed by atoms with E-state index in [1.807, 2.05) is 30.3 Å². The summed E-state index contributed by atoms with van der Waals surface area (Å²) < 4.78 is 5.26. The number of nitrogens with one attached hydrogen (secondary N) is 2. The Morgan fingerprint density at radius 3 is 2.61 bits per heavy atom. The summed E-state index contributed by atoms with van der Waals surface area (Å²) >= 11 is 0. The van der Waals surface area contributed by atoms with Crippen molar-refractivity contribution in [2.45, 2.75) is 70.2 Å². The van der Waals surface area contributed by atoms with Crippen molar-refractivity contribution in [2.75, 3.05) is 0 Å². The topological polar surface area (TPSA) is 50.4 Å². The van der Waals surface area contributed by atoms with Gasteiger partial charge in [0.25, 0.3) is 0 Å². The zero-order chi connectivity index (χ0) is 16.1. The van der Waals surface area contributed by atoms with Gasteiger partial charge in [0.15, 0.2) is 0 Å². The highest BCUT2D eigenvalue weighted by Crippen LogP contribution is 2.27. The average molecular weight is 316 g/mol. The van der Waals surface area contributed by atoms with Crippen LogP contribution >= 0.6 is 0 Å². The summed E-state index contributed by atoms with van der Waals surface area (Å²) in [5.41, 5.74) is 1.02. The van der Waals surface area contributed by atoms with Gasteiger partial charge in [0, 0.05) is 18.1 Å². The molecule has 4 heteroatoms. The highest BCUT2D eigenvalue weighted by Gasteiger charge is 2.32. The summed E-state index contributed by atoms with van der Waals surface area (Å²) in [5, 5.41) is 6.72. The molecule has 0 radical (unpaired) electrons. The molecule has 0 spiro atoms. The first-order chi connectivity index (χ1) is 11.2. The van der Waals surface area contributed by atoms with Crippen LogP contribution in [0.3, 0.4) is 0 Å². The first-order valence-electron chi connectivity index (χ1n) is 8.92. The first kappa shape index (κ1) is 16.3. The van der Waals surface area contributed by atoms with Crippen molar-refractivity contribution in [2.24, 2.45) is 5.92 Å².